The van der Waals surface area contributed by atoms with Gasteiger partial charge in [0, 0.05) is 32.0 Å². The fourth-order valence-electron chi connectivity index (χ4n) is 1.64. The van der Waals surface area contributed by atoms with Crippen molar-refractivity contribution < 1.29 is 23.1 Å². The smallest absolute Gasteiger partial charge is 0.409 e. The second-order valence-corrected chi connectivity index (χ2v) is 4.13. The first-order valence-electron chi connectivity index (χ1n) is 5.70. The third-order valence-electron chi connectivity index (χ3n) is 2.76. The molecule has 0 saturated heterocycles. The van der Waals surface area contributed by atoms with Gasteiger partial charge in [-0.3, -0.25) is 0 Å². The van der Waals surface area contributed by atoms with E-state index in [0.29, 0.717) is 18.8 Å². The maximum absolute atomic E-state index is 13.0. The minimum Gasteiger partial charge on any atom is -0.409 e. The summed E-state index contributed by atoms with van der Waals surface area (Å²) in [7, 11) is 3.16. The number of benzene rings is 1. The second kappa shape index (κ2) is 6.47. The first kappa shape index (κ1) is 16.1. The molecule has 0 aromatic heterocycles. The van der Waals surface area contributed by atoms with Crippen LogP contribution >= 0.6 is 0 Å². The Morgan fingerprint density at radius 1 is 1.45 bits per heavy atom. The van der Waals surface area contributed by atoms with Crippen LogP contribution in [0.25, 0.3) is 0 Å². The van der Waals surface area contributed by atoms with Gasteiger partial charge in [0.05, 0.1) is 12.2 Å². The van der Waals surface area contributed by atoms with Gasteiger partial charge in [-0.15, -0.1) is 0 Å². The lowest BCUT2D eigenvalue weighted by molar-refractivity contribution is -0.137. The number of rotatable bonds is 5. The molecule has 0 aliphatic rings. The number of halogens is 3. The van der Waals surface area contributed by atoms with Crippen LogP contribution in [0.1, 0.15) is 11.1 Å². The van der Waals surface area contributed by atoms with Crippen LogP contribution in [0.15, 0.2) is 23.4 Å². The van der Waals surface area contributed by atoms with Crippen molar-refractivity contribution in [1.29, 1.82) is 0 Å². The molecule has 1 aromatic rings. The monoisotopic (exact) mass is 291 g/mol. The van der Waals surface area contributed by atoms with E-state index in [9.17, 15) is 13.2 Å². The highest BCUT2D eigenvalue weighted by Gasteiger charge is 2.35. The van der Waals surface area contributed by atoms with Gasteiger partial charge in [-0.05, 0) is 18.2 Å². The average Bonchev–Trinajstić information content (AvgIpc) is 2.42. The largest absolute Gasteiger partial charge is 0.417 e. The van der Waals surface area contributed by atoms with Gasteiger partial charge in [-0.1, -0.05) is 5.16 Å². The van der Waals surface area contributed by atoms with Gasteiger partial charge in [-0.25, -0.2) is 0 Å². The molecule has 0 heterocycles. The molecule has 0 amide bonds. The Labute approximate surface area is 114 Å². The van der Waals surface area contributed by atoms with Gasteiger partial charge in [0.2, 0.25) is 0 Å². The Morgan fingerprint density at radius 2 is 2.10 bits per heavy atom. The van der Waals surface area contributed by atoms with Crippen LogP contribution in [0.5, 0.6) is 0 Å². The van der Waals surface area contributed by atoms with Crippen LogP contribution in [0.2, 0.25) is 0 Å². The van der Waals surface area contributed by atoms with Gasteiger partial charge in [0.1, 0.15) is 0 Å². The maximum atomic E-state index is 13.0. The quantitative estimate of drug-likeness (QED) is 0.376. The normalized spacial score (nSPS) is 12.6. The number of ether oxygens (including phenoxy) is 1. The average molecular weight is 291 g/mol. The zero-order valence-corrected chi connectivity index (χ0v) is 11.1. The molecule has 0 atom stereocenters. The Kier molecular flexibility index (Phi) is 5.20. The van der Waals surface area contributed by atoms with E-state index in [0.717, 1.165) is 6.07 Å². The zero-order valence-electron chi connectivity index (χ0n) is 11.1. The summed E-state index contributed by atoms with van der Waals surface area (Å²) in [6.07, 6.45) is -4.59. The molecule has 0 spiro atoms. The molecule has 0 saturated carbocycles. The van der Waals surface area contributed by atoms with Crippen molar-refractivity contribution in [3.8, 4) is 0 Å². The van der Waals surface area contributed by atoms with Crippen LogP contribution in [0.3, 0.4) is 0 Å². The predicted octanol–water partition coefficient (Wildman–Crippen LogP) is 1.88. The van der Waals surface area contributed by atoms with Crippen LogP contribution in [0.4, 0.5) is 18.9 Å². The van der Waals surface area contributed by atoms with E-state index in [1.54, 1.807) is 11.9 Å². The summed E-state index contributed by atoms with van der Waals surface area (Å²) in [5.41, 5.74) is 4.32. The number of amidine groups is 1. The molecule has 5 nitrogen and oxygen atoms in total. The van der Waals surface area contributed by atoms with Gasteiger partial charge in [0.15, 0.2) is 5.84 Å². The van der Waals surface area contributed by atoms with Crippen LogP contribution in [0, 0.1) is 0 Å². The summed E-state index contributed by atoms with van der Waals surface area (Å²) in [6.45, 7) is 0.830. The molecular formula is C12H16F3N3O2. The van der Waals surface area contributed by atoms with Crippen molar-refractivity contribution in [1.82, 2.24) is 0 Å². The first-order valence-corrected chi connectivity index (χ1v) is 5.70. The van der Waals surface area contributed by atoms with Gasteiger partial charge >= 0.3 is 6.18 Å². The molecule has 112 valence electrons. The van der Waals surface area contributed by atoms with Gasteiger partial charge in [0.25, 0.3) is 0 Å². The fraction of sp³-hybridized carbons (Fsp3) is 0.417. The molecule has 20 heavy (non-hydrogen) atoms. The van der Waals surface area contributed by atoms with E-state index >= 15 is 0 Å². The van der Waals surface area contributed by atoms with Crippen molar-refractivity contribution in [2.45, 2.75) is 6.18 Å². The Morgan fingerprint density at radius 3 is 2.60 bits per heavy atom. The lowest BCUT2D eigenvalue weighted by Crippen LogP contribution is -2.24. The minimum absolute atomic E-state index is 0.358. The van der Waals surface area contributed by atoms with Crippen molar-refractivity contribution in [3.05, 3.63) is 29.3 Å². The molecule has 8 heteroatoms. The number of nitrogens with two attached hydrogens (primary N) is 1. The molecule has 0 aliphatic carbocycles. The summed E-state index contributed by atoms with van der Waals surface area (Å²) in [5, 5.41) is 11.2. The zero-order chi connectivity index (χ0) is 15.3. The molecular weight excluding hydrogens is 275 g/mol. The van der Waals surface area contributed by atoms with E-state index < -0.39 is 17.6 Å². The highest BCUT2D eigenvalue weighted by atomic mass is 19.4. The molecule has 0 unspecified atom stereocenters. The van der Waals surface area contributed by atoms with E-state index in [-0.39, 0.29) is 5.56 Å². The standard InChI is InChI=1S/C12H16F3N3O2/c1-18(5-6-20-2)8-3-4-9(11(16)17-19)10(7-8)12(13,14)15/h3-4,7,19H,5-6H2,1-2H3,(H2,16,17). The Balaban J connectivity index is 3.21. The summed E-state index contributed by atoms with van der Waals surface area (Å²) in [5.74, 6) is -0.580. The topological polar surface area (TPSA) is 71.1 Å². The highest BCUT2D eigenvalue weighted by molar-refractivity contribution is 5.99. The summed E-state index contributed by atoms with van der Waals surface area (Å²) >= 11 is 0. The summed E-state index contributed by atoms with van der Waals surface area (Å²) in [6, 6.07) is 3.61. The minimum atomic E-state index is -4.59. The number of oxime groups is 1. The van der Waals surface area contributed by atoms with Gasteiger partial charge in [-0.2, -0.15) is 13.2 Å². The SMILES string of the molecule is COCCN(C)c1ccc(C(N)=NO)c(C(F)(F)F)c1. The van der Waals surface area contributed by atoms with Crippen molar-refractivity contribution in [2.75, 3.05) is 32.2 Å². The molecule has 0 aliphatic heterocycles. The van der Waals surface area contributed by atoms with Crippen LogP contribution in [-0.2, 0) is 10.9 Å². The maximum Gasteiger partial charge on any atom is 0.417 e. The number of likely N-dealkylation sites (N-methyl/N-ethyl adjacent to an activating group) is 1. The fourth-order valence-corrected chi connectivity index (χ4v) is 1.64. The van der Waals surface area contributed by atoms with Crippen LogP contribution < -0.4 is 10.6 Å². The van der Waals surface area contributed by atoms with Gasteiger partial charge < -0.3 is 20.6 Å². The molecule has 1 rings (SSSR count). The predicted molar refractivity (Wildman–Crippen MR) is 69.1 cm³/mol. The van der Waals surface area contributed by atoms with Crippen molar-refractivity contribution in [3.63, 3.8) is 0 Å². The molecule has 0 radical (unpaired) electrons. The number of alkyl halides is 3. The van der Waals surface area contributed by atoms with Crippen molar-refractivity contribution in [2.24, 2.45) is 10.9 Å². The number of hydrogen-bond donors (Lipinski definition) is 2. The van der Waals surface area contributed by atoms with Crippen LogP contribution in [-0.4, -0.2) is 38.4 Å². The van der Waals surface area contributed by atoms with E-state index in [2.05, 4.69) is 5.16 Å². The number of anilines is 1. The lowest BCUT2D eigenvalue weighted by atomic mass is 10.0. The van der Waals surface area contributed by atoms with E-state index in [1.807, 2.05) is 0 Å². The molecule has 1 aromatic carbocycles. The van der Waals surface area contributed by atoms with E-state index in [1.165, 1.54) is 19.2 Å². The molecule has 3 N–H and O–H groups in total. The van der Waals surface area contributed by atoms with Crippen molar-refractivity contribution >= 4 is 11.5 Å². The number of nitrogens with zero attached hydrogens (tertiary/aromatic N) is 2. The lowest BCUT2D eigenvalue weighted by Gasteiger charge is -2.21. The Hall–Kier alpha value is -1.96. The number of methoxy groups -OCH3 is 1. The molecule has 0 bridgehead atoms. The molecule has 0 fully saturated rings. The van der Waals surface area contributed by atoms with E-state index in [4.69, 9.17) is 15.7 Å². The second-order valence-electron chi connectivity index (χ2n) is 4.13. The number of hydrogen-bond acceptors (Lipinski definition) is 4. The Bertz CT molecular complexity index is 489. The summed E-state index contributed by atoms with van der Waals surface area (Å²) in [4.78, 5) is 1.62. The highest BCUT2D eigenvalue weighted by Crippen LogP contribution is 2.34. The summed E-state index contributed by atoms with van der Waals surface area (Å²) < 4.78 is 43.9. The first-order chi connectivity index (χ1) is 9.31. The third kappa shape index (κ3) is 3.77. The third-order valence-corrected chi connectivity index (χ3v) is 2.76.